The van der Waals surface area contributed by atoms with Gasteiger partial charge < -0.3 is 24.9 Å². The van der Waals surface area contributed by atoms with E-state index in [9.17, 15) is 24.3 Å². The van der Waals surface area contributed by atoms with Crippen LogP contribution in [0.25, 0.3) is 11.0 Å². The van der Waals surface area contributed by atoms with Crippen molar-refractivity contribution in [3.05, 3.63) is 105 Å². The van der Waals surface area contributed by atoms with Crippen LogP contribution in [0.3, 0.4) is 0 Å². The molecule has 3 aromatic carbocycles. The molecule has 0 spiro atoms. The number of ether oxygens (including phenoxy) is 1. The van der Waals surface area contributed by atoms with Crippen molar-refractivity contribution in [2.75, 3.05) is 13.7 Å². The van der Waals surface area contributed by atoms with E-state index in [0.29, 0.717) is 12.2 Å². The Morgan fingerprint density at radius 2 is 1.69 bits per heavy atom. The minimum Gasteiger partial charge on any atom is -0.508 e. The molecule has 0 bridgehead atoms. The fourth-order valence-electron chi connectivity index (χ4n) is 4.13. The number of fused-ring (bicyclic) bond motifs is 1. The minimum atomic E-state index is -1.22. The molecule has 0 radical (unpaired) electrons. The van der Waals surface area contributed by atoms with Crippen molar-refractivity contribution in [1.82, 2.24) is 10.6 Å². The molecule has 1 atom stereocenters. The lowest BCUT2D eigenvalue weighted by molar-refractivity contribution is -0.138. The number of nitrogens with one attached hydrogen (secondary N) is 2. The van der Waals surface area contributed by atoms with Gasteiger partial charge in [0, 0.05) is 24.6 Å². The number of amides is 2. The number of phenolic OH excluding ortho intramolecular Hbond substituents is 1. The summed E-state index contributed by atoms with van der Waals surface area (Å²) < 4.78 is 10.8. The Kier molecular flexibility index (Phi) is 8.40. The number of aromatic hydroxyl groups is 1. The maximum atomic E-state index is 13.2. The third kappa shape index (κ3) is 6.51. The highest BCUT2D eigenvalue weighted by Crippen LogP contribution is 2.20. The van der Waals surface area contributed by atoms with E-state index in [0.717, 1.165) is 11.1 Å². The molecular weight excluding hydrogens is 500 g/mol. The topological polar surface area (TPSA) is 135 Å². The number of hydrogen-bond acceptors (Lipinski definition) is 7. The number of ketones is 1. The summed E-state index contributed by atoms with van der Waals surface area (Å²) in [6.45, 7) is 1.65. The van der Waals surface area contributed by atoms with Gasteiger partial charge in [0.25, 0.3) is 11.8 Å². The standard InChI is InChI=1S/C30H28N2O7/c1-18-26(34)23-13-10-21(33)17-25(23)39-28(18)30(37)32-24(16-20-6-4-3-5-7-20)27(35)29(36)31-15-14-19-8-11-22(38-2)12-9-19/h3-13,17,24,33H,14-16H2,1-2H3,(H,31,36)(H,32,37)/t24-/m0/s1. The van der Waals surface area contributed by atoms with E-state index in [-0.39, 0.29) is 41.0 Å². The van der Waals surface area contributed by atoms with Crippen molar-refractivity contribution in [2.24, 2.45) is 0 Å². The summed E-state index contributed by atoms with van der Waals surface area (Å²) in [5.41, 5.74) is 1.30. The number of hydrogen-bond donors (Lipinski definition) is 3. The normalized spacial score (nSPS) is 11.5. The molecule has 1 aromatic heterocycles. The molecule has 3 N–H and O–H groups in total. The zero-order chi connectivity index (χ0) is 27.9. The van der Waals surface area contributed by atoms with E-state index in [1.54, 1.807) is 31.4 Å². The van der Waals surface area contributed by atoms with Crippen LogP contribution in [-0.2, 0) is 22.4 Å². The third-order valence-electron chi connectivity index (χ3n) is 6.30. The Labute approximate surface area is 224 Å². The molecule has 0 fully saturated rings. The van der Waals surface area contributed by atoms with Crippen LogP contribution in [0.15, 0.2) is 82.0 Å². The Morgan fingerprint density at radius 1 is 0.974 bits per heavy atom. The van der Waals surface area contributed by atoms with Crippen molar-refractivity contribution in [3.8, 4) is 11.5 Å². The average molecular weight is 529 g/mol. The van der Waals surface area contributed by atoms with Gasteiger partial charge in [-0.15, -0.1) is 0 Å². The van der Waals surface area contributed by atoms with Gasteiger partial charge in [-0.1, -0.05) is 42.5 Å². The maximum absolute atomic E-state index is 13.2. The molecule has 0 aliphatic rings. The zero-order valence-corrected chi connectivity index (χ0v) is 21.5. The number of carbonyl (C=O) groups is 3. The molecule has 200 valence electrons. The van der Waals surface area contributed by atoms with Crippen LogP contribution in [0.5, 0.6) is 11.5 Å². The number of Topliss-reactive ketones (excluding diaryl/α,β-unsaturated/α-hetero) is 1. The molecule has 9 nitrogen and oxygen atoms in total. The molecule has 1 heterocycles. The number of rotatable bonds is 10. The molecule has 0 unspecified atom stereocenters. The summed E-state index contributed by atoms with van der Waals surface area (Å²) in [7, 11) is 1.57. The molecule has 2 amide bonds. The number of carbonyl (C=O) groups excluding carboxylic acids is 3. The molecule has 0 saturated carbocycles. The Bertz CT molecular complexity index is 1560. The van der Waals surface area contributed by atoms with Crippen molar-refractivity contribution in [3.63, 3.8) is 0 Å². The van der Waals surface area contributed by atoms with Crippen molar-refractivity contribution in [1.29, 1.82) is 0 Å². The quantitative estimate of drug-likeness (QED) is 0.269. The molecule has 0 aliphatic carbocycles. The molecule has 4 rings (SSSR count). The van der Waals surface area contributed by atoms with Crippen LogP contribution < -0.4 is 20.8 Å². The lowest BCUT2D eigenvalue weighted by Gasteiger charge is -2.18. The van der Waals surface area contributed by atoms with Crippen molar-refractivity contribution in [2.45, 2.75) is 25.8 Å². The zero-order valence-electron chi connectivity index (χ0n) is 21.5. The summed E-state index contributed by atoms with van der Waals surface area (Å²) in [6.07, 6.45) is 0.544. The SMILES string of the molecule is COc1ccc(CCNC(=O)C(=O)[C@H](Cc2ccccc2)NC(=O)c2oc3cc(O)ccc3c(=O)c2C)cc1. The first-order valence-electron chi connectivity index (χ1n) is 12.3. The molecule has 4 aromatic rings. The van der Waals surface area contributed by atoms with E-state index < -0.39 is 29.1 Å². The molecule has 9 heteroatoms. The summed E-state index contributed by atoms with van der Waals surface area (Å²) in [4.78, 5) is 52.0. The molecule has 39 heavy (non-hydrogen) atoms. The second kappa shape index (κ2) is 12.1. The highest BCUT2D eigenvalue weighted by atomic mass is 16.5. The van der Waals surface area contributed by atoms with Crippen molar-refractivity contribution < 1.29 is 28.6 Å². The highest BCUT2D eigenvalue weighted by molar-refractivity contribution is 6.38. The fourth-order valence-corrected chi connectivity index (χ4v) is 4.13. The predicted octanol–water partition coefficient (Wildman–Crippen LogP) is 3.08. The van der Waals surface area contributed by atoms with Crippen LogP contribution in [0.2, 0.25) is 0 Å². The lowest BCUT2D eigenvalue weighted by Crippen LogP contribution is -2.49. The predicted molar refractivity (Wildman–Crippen MR) is 145 cm³/mol. The monoisotopic (exact) mass is 528 g/mol. The average Bonchev–Trinajstić information content (AvgIpc) is 2.94. The Balaban J connectivity index is 1.52. The first-order chi connectivity index (χ1) is 18.8. The minimum absolute atomic E-state index is 0.0259. The van der Waals surface area contributed by atoms with Crippen LogP contribution in [-0.4, -0.2) is 42.4 Å². The second-order valence-corrected chi connectivity index (χ2v) is 9.00. The molecule has 0 aliphatic heterocycles. The van der Waals surface area contributed by atoms with Gasteiger partial charge in [0.1, 0.15) is 23.1 Å². The van der Waals surface area contributed by atoms with Gasteiger partial charge in [0.15, 0.2) is 11.2 Å². The van der Waals surface area contributed by atoms with E-state index in [1.165, 1.54) is 25.1 Å². The second-order valence-electron chi connectivity index (χ2n) is 9.00. The van der Waals surface area contributed by atoms with Crippen molar-refractivity contribution >= 4 is 28.6 Å². The number of phenols is 1. The highest BCUT2D eigenvalue weighted by Gasteiger charge is 2.29. The Hall–Kier alpha value is -4.92. The van der Waals surface area contributed by atoms with Gasteiger partial charge in [-0.05, 0) is 48.7 Å². The number of benzene rings is 3. The summed E-state index contributed by atoms with van der Waals surface area (Å²) in [5.74, 6) is -2.22. The lowest BCUT2D eigenvalue weighted by atomic mass is 10.0. The summed E-state index contributed by atoms with van der Waals surface area (Å²) in [6, 6.07) is 19.0. The van der Waals surface area contributed by atoms with E-state index in [4.69, 9.17) is 9.15 Å². The van der Waals surface area contributed by atoms with Gasteiger partial charge in [0.2, 0.25) is 5.78 Å². The summed E-state index contributed by atoms with van der Waals surface area (Å²) in [5, 5.41) is 15.2. The first kappa shape index (κ1) is 27.1. The van der Waals surface area contributed by atoms with Gasteiger partial charge in [-0.25, -0.2) is 0 Å². The fraction of sp³-hybridized carbons (Fsp3) is 0.200. The first-order valence-corrected chi connectivity index (χ1v) is 12.3. The largest absolute Gasteiger partial charge is 0.508 e. The third-order valence-corrected chi connectivity index (χ3v) is 6.30. The molecule has 0 saturated heterocycles. The van der Waals surface area contributed by atoms with E-state index in [1.807, 2.05) is 30.3 Å². The van der Waals surface area contributed by atoms with Crippen LogP contribution in [0.1, 0.15) is 27.2 Å². The van der Waals surface area contributed by atoms with Gasteiger partial charge in [-0.3, -0.25) is 19.2 Å². The maximum Gasteiger partial charge on any atom is 0.289 e. The van der Waals surface area contributed by atoms with Gasteiger partial charge in [-0.2, -0.15) is 0 Å². The smallest absolute Gasteiger partial charge is 0.289 e. The van der Waals surface area contributed by atoms with Crippen LogP contribution in [0.4, 0.5) is 0 Å². The summed E-state index contributed by atoms with van der Waals surface area (Å²) >= 11 is 0. The molecular formula is C30H28N2O7. The van der Waals surface area contributed by atoms with Gasteiger partial charge >= 0.3 is 0 Å². The number of methoxy groups -OCH3 is 1. The van der Waals surface area contributed by atoms with Crippen LogP contribution >= 0.6 is 0 Å². The Morgan fingerprint density at radius 3 is 2.38 bits per heavy atom. The van der Waals surface area contributed by atoms with E-state index in [2.05, 4.69) is 10.6 Å². The van der Waals surface area contributed by atoms with E-state index >= 15 is 0 Å². The van der Waals surface area contributed by atoms with Gasteiger partial charge in [0.05, 0.1) is 12.5 Å². The van der Waals surface area contributed by atoms with Crippen LogP contribution in [0, 0.1) is 6.92 Å².